The normalized spacial score (nSPS) is 16.1. The van der Waals surface area contributed by atoms with Crippen molar-refractivity contribution in [3.63, 3.8) is 0 Å². The van der Waals surface area contributed by atoms with Gasteiger partial charge in [-0.2, -0.15) is 0 Å². The lowest BCUT2D eigenvalue weighted by atomic mass is 9.92. The summed E-state index contributed by atoms with van der Waals surface area (Å²) in [5.41, 5.74) is -0.598. The lowest BCUT2D eigenvalue weighted by molar-refractivity contribution is -0.111. The van der Waals surface area contributed by atoms with E-state index in [0.29, 0.717) is 12.8 Å². The van der Waals surface area contributed by atoms with Crippen LogP contribution in [0.3, 0.4) is 0 Å². The minimum Gasteiger partial charge on any atom is -0.444 e. The Kier molecular flexibility index (Phi) is 8.42. The third-order valence-electron chi connectivity index (χ3n) is 3.26. The van der Waals surface area contributed by atoms with Crippen molar-refractivity contribution in [2.75, 3.05) is 6.67 Å². The highest BCUT2D eigenvalue weighted by molar-refractivity contribution is 5.68. The first kappa shape index (κ1) is 18.9. The van der Waals surface area contributed by atoms with E-state index in [9.17, 15) is 14.0 Å². The number of rotatable bonds is 8. The van der Waals surface area contributed by atoms with Gasteiger partial charge in [0.05, 0.1) is 6.04 Å². The molecule has 0 aliphatic rings. The molecule has 0 spiro atoms. The number of carbonyl (C=O) groups is 2. The molecule has 0 rings (SSSR count). The molecule has 0 aliphatic carbocycles. The average molecular weight is 289 g/mol. The summed E-state index contributed by atoms with van der Waals surface area (Å²) in [5, 5.41) is 2.56. The molecule has 20 heavy (non-hydrogen) atoms. The first-order valence-electron chi connectivity index (χ1n) is 7.24. The molecule has 0 radical (unpaired) electrons. The van der Waals surface area contributed by atoms with Gasteiger partial charge in [0.1, 0.15) is 18.6 Å². The number of alkyl halides is 1. The van der Waals surface area contributed by atoms with Crippen molar-refractivity contribution >= 4 is 12.4 Å². The number of hydrogen-bond donors (Lipinski definition) is 1. The van der Waals surface area contributed by atoms with Gasteiger partial charge >= 0.3 is 6.09 Å². The Morgan fingerprint density at radius 3 is 2.35 bits per heavy atom. The number of aldehydes is 1. The van der Waals surface area contributed by atoms with E-state index in [0.717, 1.165) is 12.7 Å². The number of halogens is 1. The number of hydrogen-bond acceptors (Lipinski definition) is 3. The summed E-state index contributed by atoms with van der Waals surface area (Å²) in [6.45, 7) is 8.47. The van der Waals surface area contributed by atoms with Gasteiger partial charge in [0, 0.05) is 5.92 Å². The number of nitrogens with one attached hydrogen (secondary N) is 1. The Morgan fingerprint density at radius 1 is 1.35 bits per heavy atom. The molecule has 4 nitrogen and oxygen atoms in total. The van der Waals surface area contributed by atoms with E-state index in [1.807, 2.05) is 13.8 Å². The van der Waals surface area contributed by atoms with E-state index in [4.69, 9.17) is 4.74 Å². The van der Waals surface area contributed by atoms with Gasteiger partial charge < -0.3 is 14.8 Å². The summed E-state index contributed by atoms with van der Waals surface area (Å²) in [6, 6.07) is -0.575. The first-order chi connectivity index (χ1) is 9.23. The molecule has 5 heteroatoms. The quantitative estimate of drug-likeness (QED) is 0.696. The number of alkyl carbamates (subject to hydrolysis) is 1. The molecule has 1 unspecified atom stereocenters. The van der Waals surface area contributed by atoms with Gasteiger partial charge in [0.15, 0.2) is 0 Å². The fourth-order valence-corrected chi connectivity index (χ4v) is 1.84. The molecule has 0 fully saturated rings. The molecule has 0 saturated carbocycles. The molecule has 3 atom stereocenters. The zero-order valence-corrected chi connectivity index (χ0v) is 13.2. The molecule has 1 amide bonds. The van der Waals surface area contributed by atoms with Crippen LogP contribution in [-0.2, 0) is 9.53 Å². The first-order valence-corrected chi connectivity index (χ1v) is 7.24. The SMILES string of the molecule is CC[C@@H](C=O)CC[C@@H](C)C(CF)NC(=O)OC(C)(C)C. The zero-order chi connectivity index (χ0) is 15.8. The van der Waals surface area contributed by atoms with Gasteiger partial charge in [-0.3, -0.25) is 0 Å². The molecule has 0 aromatic heterocycles. The number of ether oxygens (including phenoxy) is 1. The highest BCUT2D eigenvalue weighted by atomic mass is 19.1. The van der Waals surface area contributed by atoms with E-state index in [2.05, 4.69) is 5.32 Å². The molecule has 0 saturated heterocycles. The highest BCUT2D eigenvalue weighted by Gasteiger charge is 2.23. The van der Waals surface area contributed by atoms with Crippen LogP contribution < -0.4 is 5.32 Å². The molecule has 0 heterocycles. The molecule has 1 N–H and O–H groups in total. The summed E-state index contributed by atoms with van der Waals surface area (Å²) in [6.07, 6.45) is 2.54. The average Bonchev–Trinajstić information content (AvgIpc) is 2.34. The topological polar surface area (TPSA) is 55.4 Å². The molecule has 118 valence electrons. The Bertz CT molecular complexity index is 302. The molecule has 0 aliphatic heterocycles. The van der Waals surface area contributed by atoms with Crippen molar-refractivity contribution < 1.29 is 18.7 Å². The number of amides is 1. The Labute approximate surface area is 121 Å². The van der Waals surface area contributed by atoms with Crippen molar-refractivity contribution in [3.8, 4) is 0 Å². The van der Waals surface area contributed by atoms with Crippen molar-refractivity contribution in [2.45, 2.75) is 65.5 Å². The largest absolute Gasteiger partial charge is 0.444 e. The van der Waals surface area contributed by atoms with E-state index in [-0.39, 0.29) is 11.8 Å². The minimum atomic E-state index is -0.641. The van der Waals surface area contributed by atoms with Gasteiger partial charge in [-0.1, -0.05) is 13.8 Å². The van der Waals surface area contributed by atoms with Crippen molar-refractivity contribution in [2.24, 2.45) is 11.8 Å². The standard InChI is InChI=1S/C15H28FNO3/c1-6-12(10-18)8-7-11(2)13(9-16)17-14(19)20-15(3,4)5/h10-13H,6-9H2,1-5H3,(H,17,19)/t11-,12-,13?/m1/s1. The second-order valence-electron chi connectivity index (χ2n) is 6.27. The third kappa shape index (κ3) is 8.12. The van der Waals surface area contributed by atoms with Gasteiger partial charge in [-0.05, 0) is 46.0 Å². The van der Waals surface area contributed by atoms with Crippen LogP contribution in [0.4, 0.5) is 9.18 Å². The van der Waals surface area contributed by atoms with Gasteiger partial charge in [-0.15, -0.1) is 0 Å². The second-order valence-corrected chi connectivity index (χ2v) is 6.27. The minimum absolute atomic E-state index is 0.0132. The van der Waals surface area contributed by atoms with Gasteiger partial charge in [0.25, 0.3) is 0 Å². The maximum atomic E-state index is 13.0. The molecule has 0 bridgehead atoms. The summed E-state index contributed by atoms with van der Waals surface area (Å²) in [5.74, 6) is -0.0271. The van der Waals surface area contributed by atoms with E-state index in [1.54, 1.807) is 20.8 Å². The van der Waals surface area contributed by atoms with Crippen LogP contribution in [0, 0.1) is 11.8 Å². The zero-order valence-electron chi connectivity index (χ0n) is 13.2. The number of carbonyl (C=O) groups excluding carboxylic acids is 2. The summed E-state index contributed by atoms with van der Waals surface area (Å²) < 4.78 is 18.2. The predicted molar refractivity (Wildman–Crippen MR) is 77.4 cm³/mol. The maximum Gasteiger partial charge on any atom is 0.407 e. The fourth-order valence-electron chi connectivity index (χ4n) is 1.84. The van der Waals surface area contributed by atoms with Crippen molar-refractivity contribution in [1.82, 2.24) is 5.32 Å². The Hall–Kier alpha value is -1.13. The summed E-state index contributed by atoms with van der Waals surface area (Å²) in [4.78, 5) is 22.4. The van der Waals surface area contributed by atoms with Crippen LogP contribution in [-0.4, -0.2) is 30.7 Å². The molecule has 0 aromatic rings. The van der Waals surface area contributed by atoms with Crippen LogP contribution in [0.1, 0.15) is 53.9 Å². The maximum absolute atomic E-state index is 13.0. The van der Waals surface area contributed by atoms with Crippen molar-refractivity contribution in [3.05, 3.63) is 0 Å². The van der Waals surface area contributed by atoms with E-state index >= 15 is 0 Å². The highest BCUT2D eigenvalue weighted by Crippen LogP contribution is 2.18. The second kappa shape index (κ2) is 8.93. The molecule has 0 aromatic carbocycles. The van der Waals surface area contributed by atoms with Gasteiger partial charge in [-0.25, -0.2) is 9.18 Å². The lowest BCUT2D eigenvalue weighted by Crippen LogP contribution is -2.43. The predicted octanol–water partition coefficient (Wildman–Crippen LogP) is 3.49. The smallest absolute Gasteiger partial charge is 0.407 e. The van der Waals surface area contributed by atoms with Crippen LogP contribution in [0.5, 0.6) is 0 Å². The fraction of sp³-hybridized carbons (Fsp3) is 0.867. The summed E-state index contributed by atoms with van der Waals surface area (Å²) >= 11 is 0. The molecular formula is C15H28FNO3. The third-order valence-corrected chi connectivity index (χ3v) is 3.26. The van der Waals surface area contributed by atoms with Crippen LogP contribution in [0.25, 0.3) is 0 Å². The lowest BCUT2D eigenvalue weighted by Gasteiger charge is -2.26. The van der Waals surface area contributed by atoms with Gasteiger partial charge in [0.2, 0.25) is 0 Å². The molecular weight excluding hydrogens is 261 g/mol. The van der Waals surface area contributed by atoms with Crippen LogP contribution in [0.2, 0.25) is 0 Å². The van der Waals surface area contributed by atoms with Crippen molar-refractivity contribution in [1.29, 1.82) is 0 Å². The monoisotopic (exact) mass is 289 g/mol. The Morgan fingerprint density at radius 2 is 1.95 bits per heavy atom. The van der Waals surface area contributed by atoms with Crippen LogP contribution in [0.15, 0.2) is 0 Å². The summed E-state index contributed by atoms with van der Waals surface area (Å²) in [7, 11) is 0. The van der Waals surface area contributed by atoms with E-state index < -0.39 is 24.4 Å². The van der Waals surface area contributed by atoms with Crippen LogP contribution >= 0.6 is 0 Å². The Balaban J connectivity index is 4.30. The van der Waals surface area contributed by atoms with E-state index in [1.165, 1.54) is 0 Å².